The summed E-state index contributed by atoms with van der Waals surface area (Å²) in [5, 5.41) is 7.82. The first-order valence-electron chi connectivity index (χ1n) is 10.2. The molecular formula is C22H28N6O. The molecule has 3 N–H and O–H groups in total. The lowest BCUT2D eigenvalue weighted by Gasteiger charge is -2.31. The van der Waals surface area contributed by atoms with Crippen LogP contribution in [0.25, 0.3) is 11.1 Å². The number of rotatable bonds is 5. The highest BCUT2D eigenvalue weighted by Crippen LogP contribution is 2.38. The first kappa shape index (κ1) is 19.5. The van der Waals surface area contributed by atoms with Crippen molar-refractivity contribution in [2.24, 2.45) is 5.92 Å². The highest BCUT2D eigenvalue weighted by molar-refractivity contribution is 5.62. The van der Waals surface area contributed by atoms with Crippen LogP contribution in [-0.2, 0) is 5.41 Å². The Morgan fingerprint density at radius 3 is 2.48 bits per heavy atom. The molecule has 7 heteroatoms. The zero-order chi connectivity index (χ0) is 20.4. The van der Waals surface area contributed by atoms with E-state index in [1.54, 1.807) is 12.4 Å². The number of nitrogens with one attached hydrogen (secondary N) is 1. The Hall–Kier alpha value is -2.80. The second-order valence-corrected chi connectivity index (χ2v) is 8.26. The second-order valence-electron chi connectivity index (χ2n) is 8.26. The van der Waals surface area contributed by atoms with Gasteiger partial charge >= 0.3 is 0 Å². The minimum atomic E-state index is -0.347. The Balaban J connectivity index is 1.64. The summed E-state index contributed by atoms with van der Waals surface area (Å²) in [6.45, 7) is 8.54. The minimum Gasteiger partial charge on any atom is -0.368 e. The lowest BCUT2D eigenvalue weighted by molar-refractivity contribution is 0.309. The number of piperidine rings is 1. The molecule has 152 valence electrons. The molecule has 0 bridgehead atoms. The molecule has 2 aromatic heterocycles. The van der Waals surface area contributed by atoms with Crippen LogP contribution in [0.1, 0.15) is 56.8 Å². The molecule has 1 aliphatic rings. The Morgan fingerprint density at radius 2 is 1.86 bits per heavy atom. The van der Waals surface area contributed by atoms with Crippen LogP contribution in [0.15, 0.2) is 41.2 Å². The van der Waals surface area contributed by atoms with E-state index in [4.69, 9.17) is 15.2 Å². The third-order valence-electron chi connectivity index (χ3n) is 6.20. The van der Waals surface area contributed by atoms with Gasteiger partial charge in [-0.3, -0.25) is 0 Å². The zero-order valence-corrected chi connectivity index (χ0v) is 17.2. The number of aromatic nitrogens is 4. The van der Waals surface area contributed by atoms with Gasteiger partial charge in [-0.25, -0.2) is 9.97 Å². The SMILES string of the molecule is CC(C)C(C)(c1ccc(-c2cnc(N)nc2)cc1)c1noc(C2CCCNC2)n1. The van der Waals surface area contributed by atoms with Gasteiger partial charge in [-0.2, -0.15) is 4.98 Å². The third-order valence-corrected chi connectivity index (χ3v) is 6.20. The maximum absolute atomic E-state index is 5.70. The molecule has 1 saturated heterocycles. The Morgan fingerprint density at radius 1 is 1.14 bits per heavy atom. The van der Waals surface area contributed by atoms with Gasteiger partial charge in [0.25, 0.3) is 0 Å². The van der Waals surface area contributed by atoms with Crippen LogP contribution in [0.2, 0.25) is 0 Å². The van der Waals surface area contributed by atoms with E-state index in [0.717, 1.165) is 54.3 Å². The molecule has 3 heterocycles. The average Bonchev–Trinajstić information content (AvgIpc) is 3.25. The van der Waals surface area contributed by atoms with Gasteiger partial charge in [0.2, 0.25) is 11.8 Å². The molecule has 2 unspecified atom stereocenters. The van der Waals surface area contributed by atoms with Crippen LogP contribution in [0.4, 0.5) is 5.95 Å². The second kappa shape index (κ2) is 7.91. The van der Waals surface area contributed by atoms with E-state index in [9.17, 15) is 0 Å². The third kappa shape index (κ3) is 3.74. The predicted octanol–water partition coefficient (Wildman–Crippen LogP) is 3.54. The Bertz CT molecular complexity index is 944. The van der Waals surface area contributed by atoms with Gasteiger partial charge in [0.1, 0.15) is 0 Å². The van der Waals surface area contributed by atoms with Crippen molar-refractivity contribution in [1.82, 2.24) is 25.4 Å². The molecule has 1 aromatic carbocycles. The number of nitrogen functional groups attached to an aromatic ring is 1. The summed E-state index contributed by atoms with van der Waals surface area (Å²) in [4.78, 5) is 13.0. The highest BCUT2D eigenvalue weighted by Gasteiger charge is 2.38. The van der Waals surface area contributed by atoms with E-state index in [1.165, 1.54) is 0 Å². The van der Waals surface area contributed by atoms with Gasteiger partial charge in [0.05, 0.1) is 11.3 Å². The summed E-state index contributed by atoms with van der Waals surface area (Å²) in [7, 11) is 0. The van der Waals surface area contributed by atoms with Gasteiger partial charge < -0.3 is 15.6 Å². The Kier molecular flexibility index (Phi) is 5.32. The number of hydrogen-bond donors (Lipinski definition) is 2. The molecular weight excluding hydrogens is 364 g/mol. The first-order chi connectivity index (χ1) is 14.0. The van der Waals surface area contributed by atoms with Crippen molar-refractivity contribution in [3.05, 3.63) is 53.9 Å². The number of anilines is 1. The summed E-state index contributed by atoms with van der Waals surface area (Å²) < 4.78 is 5.70. The van der Waals surface area contributed by atoms with Gasteiger partial charge in [0, 0.05) is 24.5 Å². The molecule has 0 radical (unpaired) electrons. The lowest BCUT2D eigenvalue weighted by atomic mass is 9.72. The summed E-state index contributed by atoms with van der Waals surface area (Å²) >= 11 is 0. The number of benzene rings is 1. The summed E-state index contributed by atoms with van der Waals surface area (Å²) in [6, 6.07) is 8.42. The molecule has 3 aromatic rings. The van der Waals surface area contributed by atoms with Crippen molar-refractivity contribution in [2.75, 3.05) is 18.8 Å². The van der Waals surface area contributed by atoms with Crippen molar-refractivity contribution < 1.29 is 4.52 Å². The minimum absolute atomic E-state index is 0.277. The molecule has 1 aliphatic heterocycles. The molecule has 7 nitrogen and oxygen atoms in total. The van der Waals surface area contributed by atoms with Gasteiger partial charge in [0.15, 0.2) is 5.82 Å². The summed E-state index contributed by atoms with van der Waals surface area (Å²) in [5.41, 5.74) is 8.38. The topological polar surface area (TPSA) is 103 Å². The lowest BCUT2D eigenvalue weighted by Crippen LogP contribution is -2.32. The molecule has 0 aliphatic carbocycles. The van der Waals surface area contributed by atoms with Crippen molar-refractivity contribution in [1.29, 1.82) is 0 Å². The van der Waals surface area contributed by atoms with Crippen LogP contribution < -0.4 is 11.1 Å². The van der Waals surface area contributed by atoms with Crippen LogP contribution in [0.3, 0.4) is 0 Å². The molecule has 29 heavy (non-hydrogen) atoms. The van der Waals surface area contributed by atoms with Crippen LogP contribution >= 0.6 is 0 Å². The van der Waals surface area contributed by atoms with Crippen LogP contribution in [0, 0.1) is 5.92 Å². The highest BCUT2D eigenvalue weighted by atomic mass is 16.5. The fourth-order valence-electron chi connectivity index (χ4n) is 3.89. The fraction of sp³-hybridized carbons (Fsp3) is 0.455. The quantitative estimate of drug-likeness (QED) is 0.684. The van der Waals surface area contributed by atoms with E-state index in [1.807, 2.05) is 0 Å². The number of nitrogens with zero attached hydrogens (tertiary/aromatic N) is 4. The maximum Gasteiger partial charge on any atom is 0.231 e. The first-order valence-corrected chi connectivity index (χ1v) is 10.2. The summed E-state index contributed by atoms with van der Waals surface area (Å²) in [5.74, 6) is 2.36. The van der Waals surface area contributed by atoms with Crippen LogP contribution in [0.5, 0.6) is 0 Å². The number of nitrogens with two attached hydrogens (primary N) is 1. The van der Waals surface area contributed by atoms with Crippen LogP contribution in [-0.4, -0.2) is 33.2 Å². The Labute approximate surface area is 171 Å². The van der Waals surface area contributed by atoms with Crippen molar-refractivity contribution in [3.63, 3.8) is 0 Å². The van der Waals surface area contributed by atoms with E-state index in [-0.39, 0.29) is 11.4 Å². The van der Waals surface area contributed by atoms with Crippen molar-refractivity contribution in [3.8, 4) is 11.1 Å². The fourth-order valence-corrected chi connectivity index (χ4v) is 3.89. The van der Waals surface area contributed by atoms with Crippen molar-refractivity contribution in [2.45, 2.75) is 44.9 Å². The van der Waals surface area contributed by atoms with Gasteiger partial charge in [-0.1, -0.05) is 43.3 Å². The monoisotopic (exact) mass is 392 g/mol. The molecule has 1 fully saturated rings. The number of hydrogen-bond acceptors (Lipinski definition) is 7. The van der Waals surface area contributed by atoms with E-state index < -0.39 is 0 Å². The van der Waals surface area contributed by atoms with E-state index >= 15 is 0 Å². The predicted molar refractivity (Wildman–Crippen MR) is 112 cm³/mol. The standard InChI is InChI=1S/C22H28N6O/c1-14(2)22(3,20-27-19(29-28-20)16-5-4-10-24-11-16)18-8-6-15(7-9-18)17-12-25-21(23)26-13-17/h6-9,12-14,16,24H,4-5,10-11H2,1-3H3,(H2,23,25,26). The molecule has 2 atom stereocenters. The summed E-state index contributed by atoms with van der Waals surface area (Å²) in [6.07, 6.45) is 5.71. The smallest absolute Gasteiger partial charge is 0.231 e. The van der Waals surface area contributed by atoms with Gasteiger partial charge in [-0.05, 0) is 43.4 Å². The average molecular weight is 393 g/mol. The molecule has 0 saturated carbocycles. The molecule has 4 rings (SSSR count). The molecule has 0 spiro atoms. The van der Waals surface area contributed by atoms with E-state index in [0.29, 0.717) is 11.8 Å². The normalized spacial score (nSPS) is 19.2. The zero-order valence-electron chi connectivity index (χ0n) is 17.2. The van der Waals surface area contributed by atoms with Crippen molar-refractivity contribution >= 4 is 5.95 Å². The maximum atomic E-state index is 5.70. The molecule has 0 amide bonds. The van der Waals surface area contributed by atoms with E-state index in [2.05, 4.69) is 65.5 Å². The van der Waals surface area contributed by atoms with Gasteiger partial charge in [-0.15, -0.1) is 0 Å². The largest absolute Gasteiger partial charge is 0.368 e.